The third-order valence-corrected chi connectivity index (χ3v) is 7.10. The summed E-state index contributed by atoms with van der Waals surface area (Å²) in [5, 5.41) is 3.70. The molecular formula is C28H30BrClN2O2S. The Morgan fingerprint density at radius 1 is 0.943 bits per heavy atom. The number of benzene rings is 3. The van der Waals surface area contributed by atoms with Crippen molar-refractivity contribution in [1.29, 1.82) is 0 Å². The molecule has 0 aliphatic rings. The number of hydrogen-bond acceptors (Lipinski definition) is 3. The Hall–Kier alpha value is -2.28. The number of nitrogens with one attached hydrogen (secondary N) is 1. The summed E-state index contributed by atoms with van der Waals surface area (Å²) in [7, 11) is 0. The molecule has 3 aromatic rings. The molecule has 3 aromatic carbocycles. The highest BCUT2D eigenvalue weighted by Gasteiger charge is 2.30. The molecule has 0 unspecified atom stereocenters. The van der Waals surface area contributed by atoms with Crippen LogP contribution in [-0.2, 0) is 28.3 Å². The summed E-state index contributed by atoms with van der Waals surface area (Å²) in [6.45, 7) is 4.21. The van der Waals surface area contributed by atoms with Crippen molar-refractivity contribution in [2.45, 2.75) is 44.6 Å². The molecule has 0 saturated heterocycles. The van der Waals surface area contributed by atoms with Crippen LogP contribution in [0.25, 0.3) is 0 Å². The van der Waals surface area contributed by atoms with Crippen molar-refractivity contribution in [1.82, 2.24) is 10.2 Å². The molecule has 0 spiro atoms. The van der Waals surface area contributed by atoms with Gasteiger partial charge in [0.15, 0.2) is 0 Å². The van der Waals surface area contributed by atoms with Crippen LogP contribution in [-0.4, -0.2) is 34.6 Å². The highest BCUT2D eigenvalue weighted by Crippen LogP contribution is 2.21. The average molecular weight is 574 g/mol. The molecule has 7 heteroatoms. The Bertz CT molecular complexity index is 1110. The van der Waals surface area contributed by atoms with Crippen LogP contribution in [0.1, 0.15) is 30.5 Å². The summed E-state index contributed by atoms with van der Waals surface area (Å²) in [6.07, 6.45) is 0.445. The molecule has 2 amide bonds. The molecule has 0 aromatic heterocycles. The van der Waals surface area contributed by atoms with Gasteiger partial charge in [-0.25, -0.2) is 0 Å². The van der Waals surface area contributed by atoms with E-state index in [1.807, 2.05) is 92.7 Å². The van der Waals surface area contributed by atoms with Gasteiger partial charge in [0.05, 0.1) is 5.75 Å². The molecule has 35 heavy (non-hydrogen) atoms. The van der Waals surface area contributed by atoms with E-state index < -0.39 is 6.04 Å². The molecule has 1 atom stereocenters. The number of amides is 2. The minimum absolute atomic E-state index is 0.0254. The van der Waals surface area contributed by atoms with Crippen LogP contribution in [0.2, 0.25) is 5.02 Å². The van der Waals surface area contributed by atoms with Crippen molar-refractivity contribution >= 4 is 51.1 Å². The minimum Gasteiger partial charge on any atom is -0.352 e. The third-order valence-electron chi connectivity index (χ3n) is 5.35. The van der Waals surface area contributed by atoms with Crippen molar-refractivity contribution in [3.05, 3.63) is 105 Å². The van der Waals surface area contributed by atoms with Crippen molar-refractivity contribution in [3.63, 3.8) is 0 Å². The van der Waals surface area contributed by atoms with E-state index in [1.54, 1.807) is 4.90 Å². The number of rotatable bonds is 11. The summed E-state index contributed by atoms with van der Waals surface area (Å²) >= 11 is 11.1. The van der Waals surface area contributed by atoms with Crippen molar-refractivity contribution < 1.29 is 9.59 Å². The van der Waals surface area contributed by atoms with Crippen LogP contribution >= 0.6 is 39.3 Å². The Balaban J connectivity index is 1.84. The summed E-state index contributed by atoms with van der Waals surface area (Å²) < 4.78 is 0.967. The monoisotopic (exact) mass is 572 g/mol. The van der Waals surface area contributed by atoms with E-state index in [2.05, 4.69) is 21.2 Å². The van der Waals surface area contributed by atoms with Crippen LogP contribution in [0, 0.1) is 0 Å². The van der Waals surface area contributed by atoms with Crippen LogP contribution in [0.5, 0.6) is 0 Å². The normalized spacial score (nSPS) is 11.8. The third kappa shape index (κ3) is 9.02. The quantitative estimate of drug-likeness (QED) is 0.285. The van der Waals surface area contributed by atoms with Gasteiger partial charge in [0.1, 0.15) is 6.04 Å². The lowest BCUT2D eigenvalue weighted by Crippen LogP contribution is -2.52. The fourth-order valence-corrected chi connectivity index (χ4v) is 5.02. The largest absolute Gasteiger partial charge is 0.352 e. The van der Waals surface area contributed by atoms with Crippen molar-refractivity contribution in [2.24, 2.45) is 0 Å². The number of thioether (sulfide) groups is 1. The van der Waals surface area contributed by atoms with E-state index in [-0.39, 0.29) is 23.6 Å². The summed E-state index contributed by atoms with van der Waals surface area (Å²) in [4.78, 5) is 28.7. The van der Waals surface area contributed by atoms with Gasteiger partial charge < -0.3 is 10.2 Å². The number of halogens is 2. The van der Waals surface area contributed by atoms with Gasteiger partial charge in [-0.3, -0.25) is 9.59 Å². The second-order valence-electron chi connectivity index (χ2n) is 8.64. The lowest BCUT2D eigenvalue weighted by atomic mass is 10.0. The molecule has 0 bridgehead atoms. The van der Waals surface area contributed by atoms with E-state index in [4.69, 9.17) is 11.6 Å². The topological polar surface area (TPSA) is 49.4 Å². The zero-order valence-corrected chi connectivity index (χ0v) is 23.1. The maximum Gasteiger partial charge on any atom is 0.243 e. The molecule has 0 fully saturated rings. The minimum atomic E-state index is -0.622. The van der Waals surface area contributed by atoms with E-state index in [1.165, 1.54) is 11.8 Å². The standard InChI is InChI=1S/C28H30BrClN2O2S/c1-20(2)31-28(34)26(16-21-7-4-3-5-8-21)32(17-22-11-13-24(29)14-12-22)27(33)19-35-18-23-9-6-10-25(30)15-23/h3-15,20,26H,16-19H2,1-2H3,(H,31,34)/t26-/m0/s1. The van der Waals surface area contributed by atoms with Crippen LogP contribution < -0.4 is 5.32 Å². The SMILES string of the molecule is CC(C)NC(=O)[C@H](Cc1ccccc1)N(Cc1ccc(Br)cc1)C(=O)CSCc1cccc(Cl)c1. The molecule has 184 valence electrons. The first-order valence-electron chi connectivity index (χ1n) is 11.5. The molecule has 3 rings (SSSR count). The fraction of sp³-hybridized carbons (Fsp3) is 0.286. The van der Waals surface area contributed by atoms with Gasteiger partial charge in [-0.15, -0.1) is 11.8 Å². The predicted octanol–water partition coefficient (Wildman–Crippen LogP) is 6.50. The molecule has 0 aliphatic carbocycles. The van der Waals surface area contributed by atoms with Crippen LogP contribution in [0.15, 0.2) is 83.3 Å². The molecule has 4 nitrogen and oxygen atoms in total. The smallest absolute Gasteiger partial charge is 0.243 e. The van der Waals surface area contributed by atoms with Gasteiger partial charge in [0, 0.05) is 34.3 Å². The highest BCUT2D eigenvalue weighted by molar-refractivity contribution is 9.10. The van der Waals surface area contributed by atoms with Gasteiger partial charge in [-0.05, 0) is 54.8 Å². The first kappa shape index (κ1) is 27.3. The highest BCUT2D eigenvalue weighted by atomic mass is 79.9. The van der Waals surface area contributed by atoms with E-state index in [0.717, 1.165) is 21.2 Å². The van der Waals surface area contributed by atoms with Gasteiger partial charge >= 0.3 is 0 Å². The van der Waals surface area contributed by atoms with Crippen LogP contribution in [0.3, 0.4) is 0 Å². The lowest BCUT2D eigenvalue weighted by Gasteiger charge is -2.32. The summed E-state index contributed by atoms with van der Waals surface area (Å²) in [6, 6.07) is 24.7. The first-order valence-corrected chi connectivity index (χ1v) is 13.8. The van der Waals surface area contributed by atoms with Gasteiger partial charge in [-0.1, -0.05) is 82.1 Å². The number of nitrogens with zero attached hydrogens (tertiary/aromatic N) is 1. The van der Waals surface area contributed by atoms with Gasteiger partial charge in [0.2, 0.25) is 11.8 Å². The van der Waals surface area contributed by atoms with Crippen molar-refractivity contribution in [2.75, 3.05) is 5.75 Å². The summed E-state index contributed by atoms with van der Waals surface area (Å²) in [5.74, 6) is 0.720. The van der Waals surface area contributed by atoms with E-state index in [0.29, 0.717) is 23.7 Å². The molecule has 0 aliphatic heterocycles. The molecule has 0 saturated carbocycles. The van der Waals surface area contributed by atoms with E-state index in [9.17, 15) is 9.59 Å². The van der Waals surface area contributed by atoms with E-state index >= 15 is 0 Å². The van der Waals surface area contributed by atoms with Crippen molar-refractivity contribution in [3.8, 4) is 0 Å². The Morgan fingerprint density at radius 2 is 1.63 bits per heavy atom. The Kier molecular flexibility index (Phi) is 10.7. The second kappa shape index (κ2) is 13.7. The number of carbonyl (C=O) groups is 2. The molecule has 0 radical (unpaired) electrons. The van der Waals surface area contributed by atoms with Gasteiger partial charge in [0.25, 0.3) is 0 Å². The Labute approximate surface area is 225 Å². The first-order chi connectivity index (χ1) is 16.8. The lowest BCUT2D eigenvalue weighted by molar-refractivity contribution is -0.139. The number of hydrogen-bond donors (Lipinski definition) is 1. The van der Waals surface area contributed by atoms with Crippen LogP contribution in [0.4, 0.5) is 0 Å². The fourth-order valence-electron chi connectivity index (χ4n) is 3.69. The predicted molar refractivity (Wildman–Crippen MR) is 150 cm³/mol. The molecule has 0 heterocycles. The zero-order chi connectivity index (χ0) is 25.2. The summed E-state index contributed by atoms with van der Waals surface area (Å²) in [5.41, 5.74) is 3.04. The average Bonchev–Trinajstić information content (AvgIpc) is 2.82. The maximum atomic E-state index is 13.6. The maximum absolute atomic E-state index is 13.6. The van der Waals surface area contributed by atoms with Gasteiger partial charge in [-0.2, -0.15) is 0 Å². The number of carbonyl (C=O) groups excluding carboxylic acids is 2. The molecule has 1 N–H and O–H groups in total. The zero-order valence-electron chi connectivity index (χ0n) is 19.9. The molecular weight excluding hydrogens is 544 g/mol. The second-order valence-corrected chi connectivity index (χ2v) is 11.0. The Morgan fingerprint density at radius 3 is 2.29 bits per heavy atom.